The Morgan fingerprint density at radius 2 is 2.45 bits per heavy atom. The Kier molecular flexibility index (Phi) is 5.61. The van der Waals surface area contributed by atoms with Crippen LogP contribution in [0.4, 0.5) is 0 Å². The molecule has 1 amide bonds. The van der Waals surface area contributed by atoms with E-state index in [1.165, 1.54) is 6.20 Å². The molecule has 1 aliphatic rings. The molecule has 1 saturated heterocycles. The van der Waals surface area contributed by atoms with Crippen LogP contribution in [-0.4, -0.2) is 36.6 Å². The number of carbonyl (C=O) groups excluding carboxylic acids is 1. The number of hydrogen-bond acceptors (Lipinski definition) is 4. The predicted molar refractivity (Wildman–Crippen MR) is 77.9 cm³/mol. The van der Waals surface area contributed by atoms with Crippen molar-refractivity contribution in [1.29, 1.82) is 0 Å². The van der Waals surface area contributed by atoms with Crippen LogP contribution >= 0.6 is 11.6 Å². The minimum Gasteiger partial charge on any atom is -0.476 e. The molecule has 2 atom stereocenters. The molecule has 1 fully saturated rings. The van der Waals surface area contributed by atoms with Crippen LogP contribution in [0.5, 0.6) is 5.88 Å². The Labute approximate surface area is 124 Å². The van der Waals surface area contributed by atoms with Crippen LogP contribution in [0.3, 0.4) is 0 Å². The average molecular weight is 298 g/mol. The van der Waals surface area contributed by atoms with Gasteiger partial charge in [0.2, 0.25) is 11.8 Å². The van der Waals surface area contributed by atoms with Gasteiger partial charge in [0.25, 0.3) is 0 Å². The molecule has 0 unspecified atom stereocenters. The Morgan fingerprint density at radius 1 is 1.60 bits per heavy atom. The lowest BCUT2D eigenvalue weighted by Crippen LogP contribution is -2.43. The van der Waals surface area contributed by atoms with Gasteiger partial charge in [-0.25, -0.2) is 4.98 Å². The van der Waals surface area contributed by atoms with E-state index in [2.05, 4.69) is 22.5 Å². The van der Waals surface area contributed by atoms with E-state index >= 15 is 0 Å². The van der Waals surface area contributed by atoms with Crippen molar-refractivity contribution in [3.05, 3.63) is 23.4 Å². The number of hydrogen-bond donors (Lipinski definition) is 2. The minimum absolute atomic E-state index is 0.111. The second-order valence-corrected chi connectivity index (χ2v) is 5.47. The largest absolute Gasteiger partial charge is 0.476 e. The van der Waals surface area contributed by atoms with E-state index in [9.17, 15) is 4.79 Å². The van der Waals surface area contributed by atoms with Gasteiger partial charge in [-0.15, -0.1) is 0 Å². The number of carbonyl (C=O) groups is 1. The second-order valence-electron chi connectivity index (χ2n) is 5.03. The molecule has 1 aromatic rings. The van der Waals surface area contributed by atoms with E-state index in [1.54, 1.807) is 12.1 Å². The van der Waals surface area contributed by atoms with Crippen LogP contribution in [0.25, 0.3) is 0 Å². The van der Waals surface area contributed by atoms with Crippen molar-refractivity contribution in [3.8, 4) is 5.88 Å². The Hall–Kier alpha value is -1.33. The fraction of sp³-hybridized carbons (Fsp3) is 0.571. The Morgan fingerprint density at radius 3 is 3.15 bits per heavy atom. The molecule has 6 heteroatoms. The van der Waals surface area contributed by atoms with Gasteiger partial charge in [0.15, 0.2) is 0 Å². The van der Waals surface area contributed by atoms with Crippen LogP contribution in [0, 0.1) is 5.92 Å². The standard InChI is InChI=1S/C14H20ClN3O2/c1-10-8-11(4-5-16-10)14(19)17-6-7-20-13-3-2-12(15)9-18-13/h2-3,9-11,16H,4-8H2,1H3,(H,17,19)/t10-,11-/m0/s1. The lowest BCUT2D eigenvalue weighted by Gasteiger charge is -2.27. The number of pyridine rings is 1. The SMILES string of the molecule is C[C@H]1C[C@@H](C(=O)NCCOc2ccc(Cl)cn2)CCN1. The lowest BCUT2D eigenvalue weighted by molar-refractivity contribution is -0.126. The molecule has 0 aliphatic carbocycles. The molecular weight excluding hydrogens is 278 g/mol. The maximum atomic E-state index is 12.0. The average Bonchev–Trinajstić information content (AvgIpc) is 2.45. The van der Waals surface area contributed by atoms with E-state index in [4.69, 9.17) is 16.3 Å². The first-order chi connectivity index (χ1) is 9.65. The Bertz CT molecular complexity index is 439. The molecule has 20 heavy (non-hydrogen) atoms. The van der Waals surface area contributed by atoms with E-state index in [1.807, 2.05) is 0 Å². The first kappa shape index (κ1) is 15.1. The molecule has 0 radical (unpaired) electrons. The number of piperidine rings is 1. The zero-order valence-electron chi connectivity index (χ0n) is 11.6. The third kappa shape index (κ3) is 4.65. The normalized spacial score (nSPS) is 22.3. The summed E-state index contributed by atoms with van der Waals surface area (Å²) in [5.41, 5.74) is 0. The summed E-state index contributed by atoms with van der Waals surface area (Å²) < 4.78 is 5.42. The number of rotatable bonds is 5. The number of aromatic nitrogens is 1. The fourth-order valence-electron chi connectivity index (χ4n) is 2.29. The highest BCUT2D eigenvalue weighted by Crippen LogP contribution is 2.15. The van der Waals surface area contributed by atoms with Crippen molar-refractivity contribution >= 4 is 17.5 Å². The highest BCUT2D eigenvalue weighted by Gasteiger charge is 2.24. The monoisotopic (exact) mass is 297 g/mol. The van der Waals surface area contributed by atoms with Crippen molar-refractivity contribution < 1.29 is 9.53 Å². The summed E-state index contributed by atoms with van der Waals surface area (Å²) in [5.74, 6) is 0.741. The summed E-state index contributed by atoms with van der Waals surface area (Å²) >= 11 is 5.73. The van der Waals surface area contributed by atoms with E-state index < -0.39 is 0 Å². The number of nitrogens with zero attached hydrogens (tertiary/aromatic N) is 1. The molecule has 110 valence electrons. The van der Waals surface area contributed by atoms with Gasteiger partial charge in [-0.3, -0.25) is 4.79 Å². The van der Waals surface area contributed by atoms with Gasteiger partial charge in [-0.1, -0.05) is 11.6 Å². The van der Waals surface area contributed by atoms with Gasteiger partial charge in [0, 0.05) is 24.2 Å². The molecule has 2 rings (SSSR count). The molecule has 2 heterocycles. The molecule has 2 N–H and O–H groups in total. The maximum absolute atomic E-state index is 12.0. The van der Waals surface area contributed by atoms with Crippen molar-refractivity contribution in [2.24, 2.45) is 5.92 Å². The van der Waals surface area contributed by atoms with E-state index in [-0.39, 0.29) is 11.8 Å². The van der Waals surface area contributed by atoms with Crippen LogP contribution < -0.4 is 15.4 Å². The van der Waals surface area contributed by atoms with Crippen LogP contribution in [-0.2, 0) is 4.79 Å². The fourth-order valence-corrected chi connectivity index (χ4v) is 2.40. The molecule has 0 aromatic carbocycles. The number of amides is 1. The summed E-state index contributed by atoms with van der Waals surface area (Å²) in [6.45, 7) is 3.90. The molecular formula is C14H20ClN3O2. The number of ether oxygens (including phenoxy) is 1. The first-order valence-electron chi connectivity index (χ1n) is 6.90. The van der Waals surface area contributed by atoms with Crippen molar-refractivity contribution in [3.63, 3.8) is 0 Å². The van der Waals surface area contributed by atoms with Crippen molar-refractivity contribution in [2.75, 3.05) is 19.7 Å². The van der Waals surface area contributed by atoms with Gasteiger partial charge in [-0.2, -0.15) is 0 Å². The van der Waals surface area contributed by atoms with Crippen molar-refractivity contribution in [2.45, 2.75) is 25.8 Å². The summed E-state index contributed by atoms with van der Waals surface area (Å²) in [7, 11) is 0. The lowest BCUT2D eigenvalue weighted by atomic mass is 9.92. The molecule has 0 bridgehead atoms. The first-order valence-corrected chi connectivity index (χ1v) is 7.28. The quantitative estimate of drug-likeness (QED) is 0.811. The molecule has 0 spiro atoms. The van der Waals surface area contributed by atoms with Gasteiger partial charge >= 0.3 is 0 Å². The summed E-state index contributed by atoms with van der Waals surface area (Å²) in [4.78, 5) is 16.0. The third-order valence-electron chi connectivity index (χ3n) is 3.35. The molecule has 5 nitrogen and oxygen atoms in total. The molecule has 1 aromatic heterocycles. The topological polar surface area (TPSA) is 63.2 Å². The number of nitrogens with one attached hydrogen (secondary N) is 2. The predicted octanol–water partition coefficient (Wildman–Crippen LogP) is 1.62. The summed E-state index contributed by atoms with van der Waals surface area (Å²) in [6, 6.07) is 3.84. The minimum atomic E-state index is 0.111. The highest BCUT2D eigenvalue weighted by molar-refractivity contribution is 6.30. The maximum Gasteiger partial charge on any atom is 0.223 e. The third-order valence-corrected chi connectivity index (χ3v) is 3.57. The van der Waals surface area contributed by atoms with Gasteiger partial charge in [-0.05, 0) is 32.4 Å². The van der Waals surface area contributed by atoms with E-state index in [0.29, 0.717) is 30.1 Å². The van der Waals surface area contributed by atoms with E-state index in [0.717, 1.165) is 19.4 Å². The van der Waals surface area contributed by atoms with Gasteiger partial charge < -0.3 is 15.4 Å². The summed E-state index contributed by atoms with van der Waals surface area (Å²) in [6.07, 6.45) is 3.33. The molecule has 0 saturated carbocycles. The van der Waals surface area contributed by atoms with Crippen LogP contribution in [0.1, 0.15) is 19.8 Å². The highest BCUT2D eigenvalue weighted by atomic mass is 35.5. The van der Waals surface area contributed by atoms with Crippen LogP contribution in [0.2, 0.25) is 5.02 Å². The van der Waals surface area contributed by atoms with Gasteiger partial charge in [0.1, 0.15) is 6.61 Å². The smallest absolute Gasteiger partial charge is 0.223 e. The summed E-state index contributed by atoms with van der Waals surface area (Å²) in [5, 5.41) is 6.82. The second kappa shape index (κ2) is 7.45. The Balaban J connectivity index is 1.65. The van der Waals surface area contributed by atoms with Crippen LogP contribution in [0.15, 0.2) is 18.3 Å². The molecule has 1 aliphatic heterocycles. The number of halogens is 1. The van der Waals surface area contributed by atoms with Crippen molar-refractivity contribution in [1.82, 2.24) is 15.6 Å². The van der Waals surface area contributed by atoms with Gasteiger partial charge in [0.05, 0.1) is 11.6 Å². The zero-order valence-corrected chi connectivity index (χ0v) is 12.3. The zero-order chi connectivity index (χ0) is 14.4.